The van der Waals surface area contributed by atoms with Crippen LogP contribution in [0.15, 0.2) is 18.2 Å². The van der Waals surface area contributed by atoms with Crippen molar-refractivity contribution >= 4 is 17.3 Å². The Kier molecular flexibility index (Phi) is 6.14. The van der Waals surface area contributed by atoms with Gasteiger partial charge in [-0.05, 0) is 19.9 Å². The van der Waals surface area contributed by atoms with Crippen LogP contribution in [0.5, 0.6) is 0 Å². The third kappa shape index (κ3) is 3.92. The number of nitro benzene ring substituents is 1. The average molecular weight is 290 g/mol. The quantitative estimate of drug-likeness (QED) is 0.614. The number of carbonyl (C=O) groups excluding carboxylic acids is 1. The van der Waals surface area contributed by atoms with Crippen LogP contribution in [0.2, 0.25) is 0 Å². The Labute approximate surface area is 123 Å². The number of hydrogen-bond acceptors (Lipinski definition) is 5. The van der Waals surface area contributed by atoms with E-state index in [1.165, 1.54) is 17.0 Å². The first-order valence-corrected chi connectivity index (χ1v) is 6.74. The van der Waals surface area contributed by atoms with E-state index < -0.39 is 4.92 Å². The van der Waals surface area contributed by atoms with Crippen LogP contribution in [-0.2, 0) is 0 Å². The molecule has 0 aliphatic carbocycles. The number of anilines is 1. The second kappa shape index (κ2) is 7.85. The molecule has 1 rings (SSSR count). The highest BCUT2D eigenvalue weighted by atomic mass is 16.6. The summed E-state index contributed by atoms with van der Waals surface area (Å²) in [5, 5.41) is 22.6. The first-order valence-electron chi connectivity index (χ1n) is 6.74. The van der Waals surface area contributed by atoms with E-state index in [4.69, 9.17) is 5.26 Å². The Morgan fingerprint density at radius 3 is 2.71 bits per heavy atom. The average Bonchev–Trinajstić information content (AvgIpc) is 2.48. The number of para-hydroxylation sites is 1. The summed E-state index contributed by atoms with van der Waals surface area (Å²) in [7, 11) is 0. The van der Waals surface area contributed by atoms with Gasteiger partial charge in [0.1, 0.15) is 5.69 Å². The van der Waals surface area contributed by atoms with Crippen LogP contribution >= 0.6 is 0 Å². The van der Waals surface area contributed by atoms with E-state index in [1.807, 2.05) is 6.07 Å². The SMILES string of the molecule is CCNc1c(C(=O)N(CC)CCC#N)cccc1[N+](=O)[O-]. The fourth-order valence-corrected chi connectivity index (χ4v) is 1.99. The molecule has 0 bridgehead atoms. The van der Waals surface area contributed by atoms with Crippen molar-refractivity contribution in [3.05, 3.63) is 33.9 Å². The van der Waals surface area contributed by atoms with Crippen molar-refractivity contribution in [2.24, 2.45) is 0 Å². The van der Waals surface area contributed by atoms with E-state index in [0.29, 0.717) is 19.6 Å². The van der Waals surface area contributed by atoms with Crippen molar-refractivity contribution in [3.63, 3.8) is 0 Å². The summed E-state index contributed by atoms with van der Waals surface area (Å²) in [6.07, 6.45) is 0.227. The lowest BCUT2D eigenvalue weighted by molar-refractivity contribution is -0.384. The van der Waals surface area contributed by atoms with Crippen LogP contribution in [0.4, 0.5) is 11.4 Å². The van der Waals surface area contributed by atoms with E-state index >= 15 is 0 Å². The van der Waals surface area contributed by atoms with Crippen LogP contribution < -0.4 is 5.32 Å². The van der Waals surface area contributed by atoms with Crippen molar-refractivity contribution in [1.29, 1.82) is 5.26 Å². The molecule has 1 aromatic rings. The highest BCUT2D eigenvalue weighted by Gasteiger charge is 2.23. The number of amides is 1. The molecule has 112 valence electrons. The lowest BCUT2D eigenvalue weighted by Crippen LogP contribution is -2.32. The summed E-state index contributed by atoms with van der Waals surface area (Å²) < 4.78 is 0. The summed E-state index contributed by atoms with van der Waals surface area (Å²) in [4.78, 5) is 24.6. The van der Waals surface area contributed by atoms with Gasteiger partial charge in [0.2, 0.25) is 0 Å². The van der Waals surface area contributed by atoms with E-state index in [1.54, 1.807) is 19.9 Å². The third-order valence-corrected chi connectivity index (χ3v) is 2.99. The molecule has 1 aromatic carbocycles. The van der Waals surface area contributed by atoms with Crippen molar-refractivity contribution in [2.45, 2.75) is 20.3 Å². The van der Waals surface area contributed by atoms with Gasteiger partial charge in [0.15, 0.2) is 0 Å². The lowest BCUT2D eigenvalue weighted by atomic mass is 10.1. The molecule has 0 unspecified atom stereocenters. The number of rotatable bonds is 7. The fourth-order valence-electron chi connectivity index (χ4n) is 1.99. The summed E-state index contributed by atoms with van der Waals surface area (Å²) >= 11 is 0. The number of nitriles is 1. The number of nitrogens with zero attached hydrogens (tertiary/aromatic N) is 3. The molecule has 0 spiro atoms. The Morgan fingerprint density at radius 2 is 2.19 bits per heavy atom. The van der Waals surface area contributed by atoms with Gasteiger partial charge < -0.3 is 10.2 Å². The van der Waals surface area contributed by atoms with E-state index in [-0.39, 0.29) is 29.3 Å². The Hall–Kier alpha value is -2.62. The zero-order valence-electron chi connectivity index (χ0n) is 12.1. The summed E-state index contributed by atoms with van der Waals surface area (Å²) in [5.74, 6) is -0.313. The highest BCUT2D eigenvalue weighted by Crippen LogP contribution is 2.29. The molecule has 7 nitrogen and oxygen atoms in total. The van der Waals surface area contributed by atoms with Gasteiger partial charge in [-0.2, -0.15) is 5.26 Å². The van der Waals surface area contributed by atoms with Crippen LogP contribution in [0.1, 0.15) is 30.6 Å². The molecule has 0 saturated heterocycles. The van der Waals surface area contributed by atoms with Crippen molar-refractivity contribution < 1.29 is 9.72 Å². The molecule has 0 aliphatic heterocycles. The lowest BCUT2D eigenvalue weighted by Gasteiger charge is -2.21. The Balaban J connectivity index is 3.21. The molecule has 0 radical (unpaired) electrons. The number of carbonyl (C=O) groups is 1. The standard InChI is InChI=1S/C14H18N4O3/c1-3-16-13-11(7-5-8-12(13)18(20)21)14(19)17(4-2)10-6-9-15/h5,7-8,16H,3-4,6,10H2,1-2H3. The molecule has 7 heteroatoms. The number of benzene rings is 1. The molecule has 1 amide bonds. The van der Waals surface area contributed by atoms with Crippen LogP contribution in [-0.4, -0.2) is 35.4 Å². The highest BCUT2D eigenvalue weighted by molar-refractivity contribution is 6.01. The van der Waals surface area contributed by atoms with Crippen LogP contribution in [0.3, 0.4) is 0 Å². The minimum Gasteiger partial charge on any atom is -0.379 e. The predicted molar refractivity (Wildman–Crippen MR) is 79.1 cm³/mol. The first-order chi connectivity index (χ1) is 10.1. The zero-order valence-corrected chi connectivity index (χ0v) is 12.1. The van der Waals surface area contributed by atoms with Crippen molar-refractivity contribution in [1.82, 2.24) is 4.90 Å². The number of nitro groups is 1. The van der Waals surface area contributed by atoms with Crippen molar-refractivity contribution in [2.75, 3.05) is 25.0 Å². The maximum atomic E-state index is 12.5. The molecule has 0 atom stereocenters. The van der Waals surface area contributed by atoms with Gasteiger partial charge in [-0.25, -0.2) is 0 Å². The molecule has 0 heterocycles. The maximum absolute atomic E-state index is 12.5. The fraction of sp³-hybridized carbons (Fsp3) is 0.429. The van der Waals surface area contributed by atoms with Gasteiger partial charge in [0, 0.05) is 25.7 Å². The van der Waals surface area contributed by atoms with E-state index in [9.17, 15) is 14.9 Å². The third-order valence-electron chi connectivity index (χ3n) is 2.99. The van der Waals surface area contributed by atoms with Gasteiger partial charge in [-0.1, -0.05) is 6.07 Å². The van der Waals surface area contributed by atoms with Gasteiger partial charge in [-0.15, -0.1) is 0 Å². The molecular formula is C14H18N4O3. The topological polar surface area (TPSA) is 99.3 Å². The number of hydrogen-bond donors (Lipinski definition) is 1. The predicted octanol–water partition coefficient (Wildman–Crippen LogP) is 2.40. The summed E-state index contributed by atoms with van der Waals surface area (Å²) in [5.41, 5.74) is 0.357. The minimum absolute atomic E-state index is 0.126. The Morgan fingerprint density at radius 1 is 1.48 bits per heavy atom. The maximum Gasteiger partial charge on any atom is 0.293 e. The van der Waals surface area contributed by atoms with Crippen LogP contribution in [0.25, 0.3) is 0 Å². The molecule has 0 saturated carbocycles. The molecule has 0 fully saturated rings. The van der Waals surface area contributed by atoms with Crippen LogP contribution in [0, 0.1) is 21.4 Å². The molecule has 0 aromatic heterocycles. The monoisotopic (exact) mass is 290 g/mol. The number of nitrogens with one attached hydrogen (secondary N) is 1. The van der Waals surface area contributed by atoms with Gasteiger partial charge in [0.25, 0.3) is 11.6 Å². The summed E-state index contributed by atoms with van der Waals surface area (Å²) in [6.45, 7) is 4.82. The second-order valence-electron chi connectivity index (χ2n) is 4.28. The van der Waals surface area contributed by atoms with Gasteiger partial charge in [0.05, 0.1) is 23.0 Å². The van der Waals surface area contributed by atoms with Gasteiger partial charge in [-0.3, -0.25) is 14.9 Å². The largest absolute Gasteiger partial charge is 0.379 e. The molecule has 21 heavy (non-hydrogen) atoms. The molecule has 0 aliphatic rings. The normalized spacial score (nSPS) is 9.76. The van der Waals surface area contributed by atoms with Gasteiger partial charge >= 0.3 is 0 Å². The van der Waals surface area contributed by atoms with Crippen molar-refractivity contribution in [3.8, 4) is 6.07 Å². The molecular weight excluding hydrogens is 272 g/mol. The second-order valence-corrected chi connectivity index (χ2v) is 4.28. The zero-order chi connectivity index (χ0) is 15.8. The van der Waals surface area contributed by atoms with E-state index in [0.717, 1.165) is 0 Å². The van der Waals surface area contributed by atoms with E-state index in [2.05, 4.69) is 5.32 Å². The summed E-state index contributed by atoms with van der Waals surface area (Å²) in [6, 6.07) is 6.40. The first kappa shape index (κ1) is 16.4. The molecule has 1 N–H and O–H groups in total. The smallest absolute Gasteiger partial charge is 0.293 e. The Bertz CT molecular complexity index is 566. The minimum atomic E-state index is -0.514.